The third-order valence-electron chi connectivity index (χ3n) is 5.82. The molecule has 6 heteroatoms. The van der Waals surface area contributed by atoms with Gasteiger partial charge in [0.05, 0.1) is 5.41 Å². The second-order valence-electron chi connectivity index (χ2n) is 8.89. The molecule has 2 saturated heterocycles. The van der Waals surface area contributed by atoms with Crippen LogP contribution in [0.25, 0.3) is 0 Å². The topological polar surface area (TPSA) is 55.8 Å². The van der Waals surface area contributed by atoms with Crippen molar-refractivity contribution < 1.29 is 19.1 Å². The number of hydrogen-bond donors (Lipinski definition) is 0. The average molecular weight is 454 g/mol. The molecule has 1 aromatic carbocycles. The van der Waals surface area contributed by atoms with Crippen molar-refractivity contribution in [3.63, 3.8) is 0 Å². The average Bonchev–Trinajstić information content (AvgIpc) is 2.82. The summed E-state index contributed by atoms with van der Waals surface area (Å²) in [6.45, 7) is 5.43. The second kappa shape index (κ2) is 9.40. The van der Waals surface area contributed by atoms with Gasteiger partial charge in [-0.3, -0.25) is 9.59 Å². The van der Waals surface area contributed by atoms with Crippen molar-refractivity contribution in [2.75, 3.05) is 13.7 Å². The first-order valence-corrected chi connectivity index (χ1v) is 9.90. The maximum Gasteiger partial charge on any atom is 0.317 e. The van der Waals surface area contributed by atoms with Crippen LogP contribution in [0.15, 0.2) is 30.3 Å². The van der Waals surface area contributed by atoms with Crippen molar-refractivity contribution in [1.82, 2.24) is 4.90 Å². The smallest absolute Gasteiger partial charge is 0.317 e. The molecule has 0 spiro atoms. The highest BCUT2D eigenvalue weighted by Gasteiger charge is 2.40. The lowest BCUT2D eigenvalue weighted by atomic mass is 9.96. The Balaban J connectivity index is 0.00000280. The van der Waals surface area contributed by atoms with Crippen LogP contribution >= 0.6 is 17.0 Å². The third kappa shape index (κ3) is 5.35. The summed E-state index contributed by atoms with van der Waals surface area (Å²) >= 11 is 0. The zero-order valence-corrected chi connectivity index (χ0v) is 18.9. The maximum atomic E-state index is 13.0. The van der Waals surface area contributed by atoms with E-state index in [2.05, 4.69) is 11.9 Å². The van der Waals surface area contributed by atoms with E-state index >= 15 is 0 Å². The van der Waals surface area contributed by atoms with Gasteiger partial charge >= 0.3 is 11.9 Å². The van der Waals surface area contributed by atoms with Crippen molar-refractivity contribution in [3.8, 4) is 0 Å². The van der Waals surface area contributed by atoms with Crippen molar-refractivity contribution in [2.45, 2.75) is 70.6 Å². The van der Waals surface area contributed by atoms with E-state index in [0.717, 1.165) is 18.4 Å². The van der Waals surface area contributed by atoms with Gasteiger partial charge in [0.1, 0.15) is 18.6 Å². The number of ether oxygens (including phenoxy) is 2. The molecule has 0 aromatic heterocycles. The molecule has 1 aromatic rings. The zero-order valence-electron chi connectivity index (χ0n) is 17.2. The molecule has 4 atom stereocenters. The minimum atomic E-state index is -0.599. The van der Waals surface area contributed by atoms with Crippen LogP contribution in [-0.4, -0.2) is 48.7 Å². The highest BCUT2D eigenvalue weighted by atomic mass is 79.9. The van der Waals surface area contributed by atoms with E-state index in [1.807, 2.05) is 30.3 Å². The number of piperidine rings is 1. The standard InChI is InChI=1S/C22H31NO4.BrH/c1-22(2,3)21(25)26-14-19(15-8-6-5-7-9-15)20(24)27-18-12-16-10-11-17(13-18)23(16)4;/h5-9,16-19H,10-14H2,1-4H3;1H/t16-,17+,18?,19?;. The van der Waals surface area contributed by atoms with Gasteiger partial charge in [-0.1, -0.05) is 30.3 Å². The van der Waals surface area contributed by atoms with Crippen LogP contribution in [-0.2, 0) is 19.1 Å². The number of hydrogen-bond acceptors (Lipinski definition) is 5. The van der Waals surface area contributed by atoms with Crippen molar-refractivity contribution in [1.29, 1.82) is 0 Å². The van der Waals surface area contributed by atoms with Gasteiger partial charge in [-0.2, -0.15) is 0 Å². The molecule has 0 radical (unpaired) electrons. The summed E-state index contributed by atoms with van der Waals surface area (Å²) in [7, 11) is 2.17. The SMILES string of the molecule is Br.CN1[C@@H]2CC[C@H]1CC(OC(=O)C(COC(=O)C(C)(C)C)c1ccccc1)C2. The molecule has 2 unspecified atom stereocenters. The summed E-state index contributed by atoms with van der Waals surface area (Å²) in [5.74, 6) is -1.19. The quantitative estimate of drug-likeness (QED) is 0.627. The molecule has 2 aliphatic heterocycles. The van der Waals surface area contributed by atoms with E-state index in [-0.39, 0.29) is 41.6 Å². The van der Waals surface area contributed by atoms with Gasteiger partial charge in [-0.25, -0.2) is 0 Å². The highest BCUT2D eigenvalue weighted by molar-refractivity contribution is 8.93. The minimum Gasteiger partial charge on any atom is -0.464 e. The molecule has 2 fully saturated rings. The van der Waals surface area contributed by atoms with E-state index < -0.39 is 11.3 Å². The Kier molecular flexibility index (Phi) is 7.68. The molecular formula is C22H32BrNO4. The van der Waals surface area contributed by atoms with Gasteiger partial charge in [0.15, 0.2) is 0 Å². The lowest BCUT2D eigenvalue weighted by molar-refractivity contribution is -0.160. The number of nitrogens with zero attached hydrogens (tertiary/aromatic N) is 1. The first-order valence-electron chi connectivity index (χ1n) is 9.90. The van der Waals surface area contributed by atoms with Crippen molar-refractivity contribution in [2.24, 2.45) is 5.41 Å². The van der Waals surface area contributed by atoms with E-state index in [0.29, 0.717) is 12.1 Å². The van der Waals surface area contributed by atoms with Gasteiger partial charge in [0, 0.05) is 12.1 Å². The number of carbonyl (C=O) groups is 2. The lowest BCUT2D eigenvalue weighted by Crippen LogP contribution is -2.44. The van der Waals surface area contributed by atoms with E-state index in [1.165, 1.54) is 12.8 Å². The van der Waals surface area contributed by atoms with Gasteiger partial charge in [0.2, 0.25) is 0 Å². The molecule has 5 nitrogen and oxygen atoms in total. The normalized spacial score (nSPS) is 25.5. The Hall–Kier alpha value is -1.40. The fourth-order valence-corrected chi connectivity index (χ4v) is 4.07. The van der Waals surface area contributed by atoms with Crippen LogP contribution in [0, 0.1) is 5.41 Å². The molecule has 0 amide bonds. The molecule has 2 bridgehead atoms. The molecule has 3 rings (SSSR count). The monoisotopic (exact) mass is 453 g/mol. The van der Waals surface area contributed by atoms with E-state index in [4.69, 9.17) is 9.47 Å². The van der Waals surface area contributed by atoms with Crippen LogP contribution in [0.3, 0.4) is 0 Å². The third-order valence-corrected chi connectivity index (χ3v) is 5.82. The van der Waals surface area contributed by atoms with Crippen LogP contribution in [0.2, 0.25) is 0 Å². The van der Waals surface area contributed by atoms with Crippen molar-refractivity contribution in [3.05, 3.63) is 35.9 Å². The lowest BCUT2D eigenvalue weighted by Gasteiger charge is -2.36. The van der Waals surface area contributed by atoms with Crippen LogP contribution in [0.1, 0.15) is 57.9 Å². The predicted octanol–water partition coefficient (Wildman–Crippen LogP) is 4.11. The summed E-state index contributed by atoms with van der Waals surface area (Å²) in [6, 6.07) is 10.5. The highest BCUT2D eigenvalue weighted by Crippen LogP contribution is 2.36. The Labute approximate surface area is 178 Å². The molecule has 156 valence electrons. The maximum absolute atomic E-state index is 13.0. The molecule has 0 N–H and O–H groups in total. The summed E-state index contributed by atoms with van der Waals surface area (Å²) in [6.07, 6.45) is 4.10. The summed E-state index contributed by atoms with van der Waals surface area (Å²) < 4.78 is 11.4. The Bertz CT molecular complexity index is 659. The summed E-state index contributed by atoms with van der Waals surface area (Å²) in [5.41, 5.74) is 0.221. The zero-order chi connectivity index (χ0) is 19.6. The molecule has 0 saturated carbocycles. The summed E-state index contributed by atoms with van der Waals surface area (Å²) in [5, 5.41) is 0. The Morgan fingerprint density at radius 3 is 2.21 bits per heavy atom. The van der Waals surface area contributed by atoms with Gasteiger partial charge in [-0.05, 0) is 59.1 Å². The van der Waals surface area contributed by atoms with Crippen molar-refractivity contribution >= 4 is 28.9 Å². The molecule has 0 aliphatic carbocycles. The summed E-state index contributed by atoms with van der Waals surface area (Å²) in [4.78, 5) is 27.5. The predicted molar refractivity (Wildman–Crippen MR) is 114 cm³/mol. The number of esters is 2. The number of carbonyl (C=O) groups excluding carboxylic acids is 2. The first kappa shape index (κ1) is 22.9. The molecule has 2 heterocycles. The second-order valence-corrected chi connectivity index (χ2v) is 8.89. The van der Waals surface area contributed by atoms with Gasteiger partial charge in [0.25, 0.3) is 0 Å². The first-order chi connectivity index (χ1) is 12.8. The van der Waals surface area contributed by atoms with Gasteiger partial charge in [-0.15, -0.1) is 17.0 Å². The fourth-order valence-electron chi connectivity index (χ4n) is 4.07. The number of rotatable bonds is 5. The Morgan fingerprint density at radius 1 is 1.11 bits per heavy atom. The molecule has 2 aliphatic rings. The van der Waals surface area contributed by atoms with E-state index in [1.54, 1.807) is 20.8 Å². The number of fused-ring (bicyclic) bond motifs is 2. The Morgan fingerprint density at radius 2 is 1.68 bits per heavy atom. The van der Waals surface area contributed by atoms with Crippen LogP contribution in [0.5, 0.6) is 0 Å². The largest absolute Gasteiger partial charge is 0.464 e. The number of halogens is 1. The minimum absolute atomic E-state index is 0. The van der Waals surface area contributed by atoms with Crippen LogP contribution < -0.4 is 0 Å². The van der Waals surface area contributed by atoms with Gasteiger partial charge < -0.3 is 14.4 Å². The van der Waals surface area contributed by atoms with E-state index in [9.17, 15) is 9.59 Å². The van der Waals surface area contributed by atoms with Crippen LogP contribution in [0.4, 0.5) is 0 Å². The molecular weight excluding hydrogens is 422 g/mol. The molecule has 28 heavy (non-hydrogen) atoms. The fraction of sp³-hybridized carbons (Fsp3) is 0.636. The number of benzene rings is 1.